The van der Waals surface area contributed by atoms with Crippen LogP contribution in [0.1, 0.15) is 0 Å². The largest absolute Gasteiger partial charge is 0.241 e. The normalized spacial score (nSPS) is 10.8. The van der Waals surface area contributed by atoms with E-state index < -0.39 is 0 Å². The lowest BCUT2D eigenvalue weighted by Crippen LogP contribution is -1.82. The number of hydrogen-bond acceptors (Lipinski definition) is 1. The van der Waals surface area contributed by atoms with E-state index in [4.69, 9.17) is 11.6 Å². The first-order valence-electron chi connectivity index (χ1n) is 5.55. The van der Waals surface area contributed by atoms with Gasteiger partial charge < -0.3 is 0 Å². The van der Waals surface area contributed by atoms with Crippen LogP contribution in [0, 0.1) is 0 Å². The third-order valence-corrected chi connectivity index (χ3v) is 3.53. The van der Waals surface area contributed by atoms with Gasteiger partial charge in [0.2, 0.25) is 0 Å². The molecular weight excluding hydrogens is 310 g/mol. The van der Waals surface area contributed by atoms with Crippen LogP contribution < -0.4 is 0 Å². The highest BCUT2D eigenvalue weighted by Crippen LogP contribution is 2.25. The van der Waals surface area contributed by atoms with Crippen molar-refractivity contribution in [2.45, 2.75) is 0 Å². The Labute approximate surface area is 119 Å². The summed E-state index contributed by atoms with van der Waals surface area (Å²) in [7, 11) is 0. The van der Waals surface area contributed by atoms with E-state index in [0.717, 1.165) is 26.1 Å². The number of hydrogen-bond donors (Lipinski definition) is 0. The van der Waals surface area contributed by atoms with Gasteiger partial charge in [-0.15, -0.1) is 0 Å². The molecule has 0 fully saturated rings. The first-order valence-corrected chi connectivity index (χ1v) is 6.72. The Morgan fingerprint density at radius 1 is 0.833 bits per heavy atom. The van der Waals surface area contributed by atoms with Gasteiger partial charge in [0.05, 0.1) is 5.52 Å². The minimum Gasteiger partial charge on any atom is -0.241 e. The molecule has 0 spiro atoms. The summed E-state index contributed by atoms with van der Waals surface area (Å²) in [5.74, 6) is 0. The van der Waals surface area contributed by atoms with E-state index in [0.29, 0.717) is 0 Å². The molecule has 0 radical (unpaired) electrons. The second-order valence-corrected chi connectivity index (χ2v) is 5.30. The van der Waals surface area contributed by atoms with Crippen LogP contribution in [-0.2, 0) is 0 Å². The van der Waals surface area contributed by atoms with Crippen LogP contribution in [0.5, 0.6) is 0 Å². The van der Waals surface area contributed by atoms with Gasteiger partial charge in [-0.05, 0) is 57.4 Å². The number of fused-ring (bicyclic) bond motifs is 1. The maximum absolute atomic E-state index is 5.90. The van der Waals surface area contributed by atoms with E-state index in [2.05, 4.69) is 39.1 Å². The predicted octanol–water partition coefficient (Wildman–Crippen LogP) is 5.32. The van der Waals surface area contributed by atoms with Crippen LogP contribution >= 0.6 is 27.5 Å². The molecule has 0 aliphatic carbocycles. The van der Waals surface area contributed by atoms with E-state index in [-0.39, 0.29) is 0 Å². The summed E-state index contributed by atoms with van der Waals surface area (Å²) in [5, 5.41) is 1.88. The zero-order valence-corrected chi connectivity index (χ0v) is 11.7. The van der Waals surface area contributed by atoms with Gasteiger partial charge in [-0.2, -0.15) is 0 Å². The monoisotopic (exact) mass is 317 g/mol. The average Bonchev–Trinajstić information content (AvgIpc) is 2.39. The van der Waals surface area contributed by atoms with E-state index in [1.165, 1.54) is 5.56 Å². The molecular formula is C15H9BrClN. The molecule has 0 bridgehead atoms. The van der Waals surface area contributed by atoms with Crippen molar-refractivity contribution in [3.05, 3.63) is 64.2 Å². The van der Waals surface area contributed by atoms with Crippen molar-refractivity contribution in [2.75, 3.05) is 0 Å². The zero-order valence-electron chi connectivity index (χ0n) is 9.40. The maximum Gasteiger partial charge on any atom is 0.106 e. The van der Waals surface area contributed by atoms with Crippen LogP contribution in [-0.4, -0.2) is 4.98 Å². The van der Waals surface area contributed by atoms with Crippen LogP contribution in [0.3, 0.4) is 0 Å². The van der Waals surface area contributed by atoms with Crippen LogP contribution in [0.2, 0.25) is 5.02 Å². The second kappa shape index (κ2) is 4.71. The highest BCUT2D eigenvalue weighted by atomic mass is 79.9. The number of rotatable bonds is 1. The van der Waals surface area contributed by atoms with Crippen molar-refractivity contribution in [2.24, 2.45) is 0 Å². The van der Waals surface area contributed by atoms with E-state index >= 15 is 0 Å². The van der Waals surface area contributed by atoms with Crippen molar-refractivity contribution in [1.82, 2.24) is 4.98 Å². The Bertz CT molecular complexity index is 707. The predicted molar refractivity (Wildman–Crippen MR) is 79.9 cm³/mol. The van der Waals surface area contributed by atoms with Gasteiger partial charge in [0.25, 0.3) is 0 Å². The molecule has 18 heavy (non-hydrogen) atoms. The third kappa shape index (κ3) is 2.26. The molecule has 0 amide bonds. The van der Waals surface area contributed by atoms with Gasteiger partial charge in [-0.3, -0.25) is 0 Å². The van der Waals surface area contributed by atoms with Crippen molar-refractivity contribution in [1.29, 1.82) is 0 Å². The third-order valence-electron chi connectivity index (χ3n) is 2.83. The second-order valence-electron chi connectivity index (χ2n) is 4.05. The topological polar surface area (TPSA) is 12.9 Å². The molecule has 1 heterocycles. The fourth-order valence-corrected chi connectivity index (χ4v) is 2.37. The molecule has 0 atom stereocenters. The Morgan fingerprint density at radius 2 is 1.56 bits per heavy atom. The molecule has 3 heteroatoms. The molecule has 0 aliphatic heterocycles. The highest BCUT2D eigenvalue weighted by Gasteiger charge is 2.01. The van der Waals surface area contributed by atoms with E-state index in [1.807, 2.05) is 36.4 Å². The number of benzene rings is 2. The van der Waals surface area contributed by atoms with Crippen LogP contribution in [0.4, 0.5) is 0 Å². The smallest absolute Gasteiger partial charge is 0.106 e. The highest BCUT2D eigenvalue weighted by molar-refractivity contribution is 9.10. The van der Waals surface area contributed by atoms with Crippen molar-refractivity contribution in [3.8, 4) is 11.1 Å². The molecule has 1 aromatic heterocycles. The number of pyridine rings is 1. The number of aromatic nitrogens is 1. The van der Waals surface area contributed by atoms with E-state index in [9.17, 15) is 0 Å². The summed E-state index contributed by atoms with van der Waals surface area (Å²) in [6.07, 6.45) is 0. The summed E-state index contributed by atoms with van der Waals surface area (Å²) in [6, 6.07) is 18.1. The lowest BCUT2D eigenvalue weighted by atomic mass is 10.0. The molecule has 2 aromatic carbocycles. The quantitative estimate of drug-likeness (QED) is 0.553. The Kier molecular flexibility index (Phi) is 3.06. The minimum absolute atomic E-state index is 0.755. The summed E-state index contributed by atoms with van der Waals surface area (Å²) in [5.41, 5.74) is 3.31. The van der Waals surface area contributed by atoms with Gasteiger partial charge in [-0.1, -0.05) is 35.9 Å². The Hall–Kier alpha value is -1.38. The first-order chi connectivity index (χ1) is 8.72. The molecule has 3 rings (SSSR count). The lowest BCUT2D eigenvalue weighted by Gasteiger charge is -2.04. The summed E-state index contributed by atoms with van der Waals surface area (Å²) in [6.45, 7) is 0. The molecule has 1 nitrogen and oxygen atoms in total. The van der Waals surface area contributed by atoms with Gasteiger partial charge in [0.1, 0.15) is 4.60 Å². The van der Waals surface area contributed by atoms with Crippen LogP contribution in [0.25, 0.3) is 22.0 Å². The fourth-order valence-electron chi connectivity index (χ4n) is 1.92. The van der Waals surface area contributed by atoms with Crippen LogP contribution in [0.15, 0.2) is 59.2 Å². The maximum atomic E-state index is 5.90. The van der Waals surface area contributed by atoms with E-state index in [1.54, 1.807) is 0 Å². The Morgan fingerprint density at radius 3 is 2.33 bits per heavy atom. The van der Waals surface area contributed by atoms with Gasteiger partial charge >= 0.3 is 0 Å². The molecule has 0 N–H and O–H groups in total. The molecule has 0 unspecified atom stereocenters. The average molecular weight is 319 g/mol. The first kappa shape index (κ1) is 11.7. The van der Waals surface area contributed by atoms with Crippen molar-refractivity contribution >= 4 is 38.4 Å². The number of halogens is 2. The van der Waals surface area contributed by atoms with Gasteiger partial charge in [0.15, 0.2) is 0 Å². The molecule has 0 saturated heterocycles. The van der Waals surface area contributed by atoms with Gasteiger partial charge in [-0.25, -0.2) is 4.98 Å². The van der Waals surface area contributed by atoms with Gasteiger partial charge in [0, 0.05) is 10.4 Å². The number of nitrogens with zero attached hydrogens (tertiary/aromatic N) is 1. The molecule has 88 valence electrons. The van der Waals surface area contributed by atoms with Crippen molar-refractivity contribution < 1.29 is 0 Å². The molecule has 3 aromatic rings. The standard InChI is InChI=1S/C15H9BrClN/c16-15-8-4-12-9-11(3-7-14(12)18-15)10-1-5-13(17)6-2-10/h1-9H. The zero-order chi connectivity index (χ0) is 12.5. The fraction of sp³-hybridized carbons (Fsp3) is 0. The Balaban J connectivity index is 2.13. The lowest BCUT2D eigenvalue weighted by molar-refractivity contribution is 1.35. The summed E-state index contributed by atoms with van der Waals surface area (Å²) < 4.78 is 0.856. The molecule has 0 aliphatic rings. The van der Waals surface area contributed by atoms with Crippen molar-refractivity contribution in [3.63, 3.8) is 0 Å². The summed E-state index contributed by atoms with van der Waals surface area (Å²) in [4.78, 5) is 4.42. The SMILES string of the molecule is Clc1ccc(-c2ccc3nc(Br)ccc3c2)cc1. The minimum atomic E-state index is 0.755. The molecule has 0 saturated carbocycles. The summed E-state index contributed by atoms with van der Waals surface area (Å²) >= 11 is 9.27.